The Morgan fingerprint density at radius 2 is 2.43 bits per heavy atom. The van der Waals surface area contributed by atoms with E-state index in [4.69, 9.17) is 0 Å². The van der Waals surface area contributed by atoms with Gasteiger partial charge in [0.25, 0.3) is 0 Å². The number of hydrogen-bond acceptors (Lipinski definition) is 3. The molecule has 0 saturated heterocycles. The number of imidazole rings is 1. The van der Waals surface area contributed by atoms with E-state index >= 15 is 0 Å². The minimum absolute atomic E-state index is 0.0104. The molecule has 72 valence electrons. The maximum Gasteiger partial charge on any atom is 0.196 e. The maximum atomic E-state index is 11.5. The number of likely N-dealkylation sites (N-methyl/N-ethyl adjacent to an activating group) is 1. The molecule has 2 aromatic rings. The molecule has 0 saturated carbocycles. The van der Waals surface area contributed by atoms with Gasteiger partial charge >= 0.3 is 0 Å². The summed E-state index contributed by atoms with van der Waals surface area (Å²) in [5.41, 5.74) is 1.30. The highest BCUT2D eigenvalue weighted by molar-refractivity contribution is 5.96. The van der Waals surface area contributed by atoms with E-state index in [1.165, 1.54) is 0 Å². The molecule has 2 heterocycles. The highest BCUT2D eigenvalue weighted by Crippen LogP contribution is 2.04. The average Bonchev–Trinajstić information content (AvgIpc) is 2.61. The summed E-state index contributed by atoms with van der Waals surface area (Å²) in [6.07, 6.45) is 3.62. The molecule has 2 rings (SSSR count). The van der Waals surface area contributed by atoms with Crippen molar-refractivity contribution in [2.45, 2.75) is 0 Å². The fourth-order valence-electron chi connectivity index (χ4n) is 1.32. The van der Waals surface area contributed by atoms with Crippen LogP contribution in [-0.2, 0) is 0 Å². The molecule has 0 bridgehead atoms. The minimum Gasteiger partial charge on any atom is -0.313 e. The zero-order valence-electron chi connectivity index (χ0n) is 7.90. The Morgan fingerprint density at radius 1 is 1.57 bits per heavy atom. The van der Waals surface area contributed by atoms with Crippen LogP contribution in [0.4, 0.5) is 0 Å². The van der Waals surface area contributed by atoms with Crippen LogP contribution in [0.3, 0.4) is 0 Å². The molecule has 0 aromatic carbocycles. The van der Waals surface area contributed by atoms with E-state index in [0.29, 0.717) is 12.2 Å². The highest BCUT2D eigenvalue weighted by Gasteiger charge is 2.08. The van der Waals surface area contributed by atoms with E-state index in [1.807, 2.05) is 28.8 Å². The van der Waals surface area contributed by atoms with Crippen LogP contribution in [0.25, 0.3) is 5.65 Å². The first-order chi connectivity index (χ1) is 6.81. The van der Waals surface area contributed by atoms with Crippen LogP contribution in [0.1, 0.15) is 10.5 Å². The van der Waals surface area contributed by atoms with Crippen molar-refractivity contribution >= 4 is 11.4 Å². The van der Waals surface area contributed by atoms with Crippen LogP contribution < -0.4 is 5.32 Å². The Bertz CT molecular complexity index is 428. The largest absolute Gasteiger partial charge is 0.313 e. The smallest absolute Gasteiger partial charge is 0.196 e. The second-order valence-corrected chi connectivity index (χ2v) is 3.05. The summed E-state index contributed by atoms with van der Waals surface area (Å²) in [6.45, 7) is 0.323. The lowest BCUT2D eigenvalue weighted by molar-refractivity contribution is 0.0989. The van der Waals surface area contributed by atoms with Crippen molar-refractivity contribution in [1.82, 2.24) is 14.7 Å². The Hall–Kier alpha value is -1.68. The van der Waals surface area contributed by atoms with Gasteiger partial charge < -0.3 is 9.72 Å². The van der Waals surface area contributed by atoms with Gasteiger partial charge in [-0.1, -0.05) is 6.07 Å². The third kappa shape index (κ3) is 1.52. The van der Waals surface area contributed by atoms with Crippen LogP contribution in [0.2, 0.25) is 0 Å². The number of Topliss-reactive ketones (excluding diaryl/α,β-unsaturated/α-hetero) is 1. The van der Waals surface area contributed by atoms with E-state index in [1.54, 1.807) is 13.2 Å². The van der Waals surface area contributed by atoms with Crippen LogP contribution >= 0.6 is 0 Å². The third-order valence-electron chi connectivity index (χ3n) is 1.99. The van der Waals surface area contributed by atoms with Crippen molar-refractivity contribution in [1.29, 1.82) is 0 Å². The molecule has 4 heteroatoms. The Kier molecular flexibility index (Phi) is 2.28. The van der Waals surface area contributed by atoms with Crippen molar-refractivity contribution < 1.29 is 4.79 Å². The van der Waals surface area contributed by atoms with Gasteiger partial charge in [-0.25, -0.2) is 4.98 Å². The molecule has 0 amide bonds. The fourth-order valence-corrected chi connectivity index (χ4v) is 1.32. The van der Waals surface area contributed by atoms with Crippen molar-refractivity contribution in [3.05, 3.63) is 36.3 Å². The summed E-state index contributed by atoms with van der Waals surface area (Å²) in [6, 6.07) is 5.67. The number of carbonyl (C=O) groups is 1. The van der Waals surface area contributed by atoms with Crippen molar-refractivity contribution in [2.75, 3.05) is 13.6 Å². The lowest BCUT2D eigenvalue weighted by atomic mass is 10.3. The van der Waals surface area contributed by atoms with Crippen LogP contribution in [-0.4, -0.2) is 28.8 Å². The first-order valence-electron chi connectivity index (χ1n) is 4.43. The predicted molar refractivity (Wildman–Crippen MR) is 53.4 cm³/mol. The second kappa shape index (κ2) is 3.59. The SMILES string of the molecule is CNCC(=O)c1cn2ccccc2n1. The van der Waals surface area contributed by atoms with Crippen LogP contribution in [0.15, 0.2) is 30.6 Å². The van der Waals surface area contributed by atoms with Gasteiger partial charge in [0.15, 0.2) is 5.78 Å². The van der Waals surface area contributed by atoms with Crippen molar-refractivity contribution in [2.24, 2.45) is 0 Å². The van der Waals surface area contributed by atoms with Gasteiger partial charge in [-0.15, -0.1) is 0 Å². The molecule has 0 spiro atoms. The summed E-state index contributed by atoms with van der Waals surface area (Å²) < 4.78 is 1.84. The second-order valence-electron chi connectivity index (χ2n) is 3.05. The number of nitrogens with one attached hydrogen (secondary N) is 1. The predicted octanol–water partition coefficient (Wildman–Crippen LogP) is 0.736. The number of fused-ring (bicyclic) bond motifs is 1. The Labute approximate surface area is 81.6 Å². The minimum atomic E-state index is 0.0104. The summed E-state index contributed by atoms with van der Waals surface area (Å²) in [5, 5.41) is 2.81. The van der Waals surface area contributed by atoms with E-state index in [2.05, 4.69) is 10.3 Å². The molecule has 1 N–H and O–H groups in total. The number of carbonyl (C=O) groups excluding carboxylic acids is 1. The quantitative estimate of drug-likeness (QED) is 0.724. The number of ketones is 1. The first kappa shape index (κ1) is 8.90. The van der Waals surface area contributed by atoms with Crippen LogP contribution in [0.5, 0.6) is 0 Å². The van der Waals surface area contributed by atoms with Crippen molar-refractivity contribution in [3.63, 3.8) is 0 Å². The molecular formula is C10H11N3O. The molecule has 0 unspecified atom stereocenters. The zero-order chi connectivity index (χ0) is 9.97. The third-order valence-corrected chi connectivity index (χ3v) is 1.99. The number of rotatable bonds is 3. The van der Waals surface area contributed by atoms with E-state index in [9.17, 15) is 4.79 Å². The van der Waals surface area contributed by atoms with Gasteiger partial charge in [0.1, 0.15) is 11.3 Å². The Balaban J connectivity index is 2.40. The van der Waals surface area contributed by atoms with Crippen molar-refractivity contribution in [3.8, 4) is 0 Å². The van der Waals surface area contributed by atoms with Gasteiger partial charge in [-0.05, 0) is 19.2 Å². The van der Waals surface area contributed by atoms with Gasteiger partial charge in [0.2, 0.25) is 0 Å². The summed E-state index contributed by atoms with van der Waals surface area (Å²) in [4.78, 5) is 15.7. The number of aromatic nitrogens is 2. The molecule has 0 fully saturated rings. The Morgan fingerprint density at radius 3 is 3.14 bits per heavy atom. The van der Waals surface area contributed by atoms with Gasteiger partial charge in [-0.3, -0.25) is 4.79 Å². The van der Waals surface area contributed by atoms with E-state index < -0.39 is 0 Å². The molecule has 0 aliphatic carbocycles. The van der Waals surface area contributed by atoms with Gasteiger partial charge in [0, 0.05) is 12.4 Å². The number of hydrogen-bond donors (Lipinski definition) is 1. The van der Waals surface area contributed by atoms with Gasteiger partial charge in [0.05, 0.1) is 6.54 Å². The fraction of sp³-hybridized carbons (Fsp3) is 0.200. The lowest BCUT2D eigenvalue weighted by Crippen LogP contribution is -2.18. The topological polar surface area (TPSA) is 46.4 Å². The average molecular weight is 189 g/mol. The summed E-state index contributed by atoms with van der Waals surface area (Å²) in [7, 11) is 1.74. The zero-order valence-corrected chi connectivity index (χ0v) is 7.90. The first-order valence-corrected chi connectivity index (χ1v) is 4.43. The summed E-state index contributed by atoms with van der Waals surface area (Å²) in [5.74, 6) is 0.0104. The molecule has 0 aliphatic rings. The van der Waals surface area contributed by atoms with E-state index in [-0.39, 0.29) is 5.78 Å². The standard InChI is InChI=1S/C10H11N3O/c1-11-6-9(14)8-7-13-5-3-2-4-10(13)12-8/h2-5,7,11H,6H2,1H3. The molecule has 14 heavy (non-hydrogen) atoms. The lowest BCUT2D eigenvalue weighted by Gasteiger charge is -1.92. The number of pyridine rings is 1. The molecule has 0 atom stereocenters. The number of nitrogens with zero attached hydrogens (tertiary/aromatic N) is 2. The molecule has 0 radical (unpaired) electrons. The van der Waals surface area contributed by atoms with E-state index in [0.717, 1.165) is 5.65 Å². The highest BCUT2D eigenvalue weighted by atomic mass is 16.1. The van der Waals surface area contributed by atoms with Gasteiger partial charge in [-0.2, -0.15) is 0 Å². The molecule has 0 aliphatic heterocycles. The normalized spacial score (nSPS) is 10.6. The molecular weight excluding hydrogens is 178 g/mol. The van der Waals surface area contributed by atoms with Crippen LogP contribution in [0, 0.1) is 0 Å². The monoisotopic (exact) mass is 189 g/mol. The molecule has 2 aromatic heterocycles. The maximum absolute atomic E-state index is 11.5. The molecule has 4 nitrogen and oxygen atoms in total. The summed E-state index contributed by atoms with van der Waals surface area (Å²) >= 11 is 0.